The maximum atomic E-state index is 12.3. The Labute approximate surface area is 175 Å². The van der Waals surface area contributed by atoms with Crippen LogP contribution in [0, 0.1) is 5.92 Å². The van der Waals surface area contributed by atoms with Gasteiger partial charge >= 0.3 is 0 Å². The zero-order chi connectivity index (χ0) is 19.9. The van der Waals surface area contributed by atoms with Crippen LogP contribution < -0.4 is 5.32 Å². The van der Waals surface area contributed by atoms with Crippen molar-refractivity contribution in [1.29, 1.82) is 0 Å². The number of carbonyl (C=O) groups is 1. The fraction of sp³-hybridized carbons (Fsp3) is 0.348. The lowest BCUT2D eigenvalue weighted by Crippen LogP contribution is -2.33. The number of para-hydroxylation sites is 1. The number of aromatic nitrogens is 2. The van der Waals surface area contributed by atoms with Crippen molar-refractivity contribution >= 4 is 22.9 Å². The molecule has 0 radical (unpaired) electrons. The smallest absolute Gasteiger partial charge is 0.286 e. The standard InChI is InChI=1S/C23H26N4OS/c28-22(24-20-9-5-2-6-10-20)23-26-25-21(29-23)17-27-15-13-19(14-16-27)12-11-18-7-3-1-4-8-18/h1-10,19H,11-17H2,(H,24,28). The number of likely N-dealkylation sites (tertiary alicyclic amines) is 1. The molecule has 0 saturated carbocycles. The van der Waals surface area contributed by atoms with Crippen LogP contribution in [-0.4, -0.2) is 34.1 Å². The molecular formula is C23H26N4OS. The summed E-state index contributed by atoms with van der Waals surface area (Å²) in [6, 6.07) is 20.2. The van der Waals surface area contributed by atoms with E-state index < -0.39 is 0 Å². The summed E-state index contributed by atoms with van der Waals surface area (Å²) in [6.07, 6.45) is 4.89. The van der Waals surface area contributed by atoms with Crippen LogP contribution in [-0.2, 0) is 13.0 Å². The third-order valence-electron chi connectivity index (χ3n) is 5.44. The lowest BCUT2D eigenvalue weighted by Gasteiger charge is -2.31. The number of benzene rings is 2. The second-order valence-corrected chi connectivity index (χ2v) is 8.63. The number of rotatable bonds is 7. The van der Waals surface area contributed by atoms with Crippen molar-refractivity contribution in [2.24, 2.45) is 5.92 Å². The molecule has 0 aliphatic carbocycles. The molecule has 2 aromatic carbocycles. The van der Waals surface area contributed by atoms with Crippen molar-refractivity contribution in [3.63, 3.8) is 0 Å². The number of hydrogen-bond acceptors (Lipinski definition) is 5. The summed E-state index contributed by atoms with van der Waals surface area (Å²) in [5.41, 5.74) is 2.21. The molecule has 6 heteroatoms. The second-order valence-electron chi connectivity index (χ2n) is 7.56. The van der Waals surface area contributed by atoms with Crippen molar-refractivity contribution in [3.8, 4) is 0 Å². The zero-order valence-electron chi connectivity index (χ0n) is 16.5. The van der Waals surface area contributed by atoms with Gasteiger partial charge in [-0.15, -0.1) is 10.2 Å². The van der Waals surface area contributed by atoms with Gasteiger partial charge in [-0.1, -0.05) is 59.9 Å². The van der Waals surface area contributed by atoms with Gasteiger partial charge in [0.25, 0.3) is 5.91 Å². The first-order chi connectivity index (χ1) is 14.3. The Morgan fingerprint density at radius 3 is 2.41 bits per heavy atom. The molecule has 1 aliphatic heterocycles. The van der Waals surface area contributed by atoms with Crippen LogP contribution in [0.25, 0.3) is 0 Å². The van der Waals surface area contributed by atoms with Gasteiger partial charge in [0, 0.05) is 5.69 Å². The quantitative estimate of drug-likeness (QED) is 0.621. The Hall–Kier alpha value is -2.57. The average molecular weight is 407 g/mol. The molecule has 150 valence electrons. The number of nitrogens with zero attached hydrogens (tertiary/aromatic N) is 3. The zero-order valence-corrected chi connectivity index (χ0v) is 17.3. The van der Waals surface area contributed by atoms with Crippen LogP contribution in [0.15, 0.2) is 60.7 Å². The van der Waals surface area contributed by atoms with Crippen LogP contribution in [0.2, 0.25) is 0 Å². The van der Waals surface area contributed by atoms with E-state index in [2.05, 4.69) is 50.7 Å². The van der Waals surface area contributed by atoms with E-state index in [4.69, 9.17) is 0 Å². The first kappa shape index (κ1) is 19.7. The Morgan fingerprint density at radius 1 is 1.00 bits per heavy atom. The minimum atomic E-state index is -0.195. The normalized spacial score (nSPS) is 15.3. The monoisotopic (exact) mass is 406 g/mol. The molecule has 0 atom stereocenters. The summed E-state index contributed by atoms with van der Waals surface area (Å²) in [4.78, 5) is 14.8. The SMILES string of the molecule is O=C(Nc1ccccc1)c1nnc(CN2CCC(CCc3ccccc3)CC2)s1. The Kier molecular flexibility index (Phi) is 6.64. The van der Waals surface area contributed by atoms with Gasteiger partial charge < -0.3 is 5.32 Å². The number of amides is 1. The van der Waals surface area contributed by atoms with Gasteiger partial charge in [0.05, 0.1) is 6.54 Å². The second kappa shape index (κ2) is 9.76. The summed E-state index contributed by atoms with van der Waals surface area (Å²) < 4.78 is 0. The minimum Gasteiger partial charge on any atom is -0.320 e. The minimum absolute atomic E-state index is 0.195. The summed E-state index contributed by atoms with van der Waals surface area (Å²) in [5.74, 6) is 0.604. The number of carbonyl (C=O) groups excluding carboxylic acids is 1. The van der Waals surface area contributed by atoms with Crippen LogP contribution in [0.3, 0.4) is 0 Å². The number of nitrogens with one attached hydrogen (secondary N) is 1. The molecule has 5 nitrogen and oxygen atoms in total. The molecule has 1 fully saturated rings. The van der Waals surface area contributed by atoms with Crippen molar-refractivity contribution in [3.05, 3.63) is 76.2 Å². The van der Waals surface area contributed by atoms with Crippen molar-refractivity contribution in [2.75, 3.05) is 18.4 Å². The molecule has 0 unspecified atom stereocenters. The van der Waals surface area contributed by atoms with Crippen molar-refractivity contribution in [2.45, 2.75) is 32.2 Å². The van der Waals surface area contributed by atoms with E-state index in [9.17, 15) is 4.79 Å². The summed E-state index contributed by atoms with van der Waals surface area (Å²) >= 11 is 1.39. The molecule has 4 rings (SSSR count). The van der Waals surface area contributed by atoms with Gasteiger partial charge in [-0.25, -0.2) is 0 Å². The third-order valence-corrected chi connectivity index (χ3v) is 6.35. The highest BCUT2D eigenvalue weighted by Crippen LogP contribution is 2.24. The predicted octanol–water partition coefficient (Wildman–Crippen LogP) is 4.64. The molecule has 3 aromatic rings. The highest BCUT2D eigenvalue weighted by Gasteiger charge is 2.21. The number of piperidine rings is 1. The maximum Gasteiger partial charge on any atom is 0.286 e. The Morgan fingerprint density at radius 2 is 1.69 bits per heavy atom. The molecule has 2 heterocycles. The summed E-state index contributed by atoms with van der Waals surface area (Å²) in [7, 11) is 0. The molecule has 29 heavy (non-hydrogen) atoms. The molecule has 1 amide bonds. The largest absolute Gasteiger partial charge is 0.320 e. The summed E-state index contributed by atoms with van der Waals surface area (Å²) in [6.45, 7) is 2.96. The van der Waals surface area contributed by atoms with E-state index in [1.165, 1.54) is 42.6 Å². The fourth-order valence-electron chi connectivity index (χ4n) is 3.76. The Bertz CT molecular complexity index is 905. The van der Waals surface area contributed by atoms with Gasteiger partial charge in [-0.3, -0.25) is 9.69 Å². The van der Waals surface area contributed by atoms with Gasteiger partial charge in [-0.05, 0) is 62.4 Å². The van der Waals surface area contributed by atoms with Crippen molar-refractivity contribution < 1.29 is 4.79 Å². The van der Waals surface area contributed by atoms with Gasteiger partial charge in [-0.2, -0.15) is 0 Å². The third kappa shape index (κ3) is 5.71. The lowest BCUT2D eigenvalue weighted by atomic mass is 9.90. The van der Waals surface area contributed by atoms with E-state index in [0.717, 1.165) is 36.2 Å². The highest BCUT2D eigenvalue weighted by atomic mass is 32.1. The van der Waals surface area contributed by atoms with Gasteiger partial charge in [0.15, 0.2) is 0 Å². The number of anilines is 1. The van der Waals surface area contributed by atoms with E-state index in [-0.39, 0.29) is 5.91 Å². The molecular weight excluding hydrogens is 380 g/mol. The summed E-state index contributed by atoms with van der Waals surface area (Å²) in [5, 5.41) is 12.5. The van der Waals surface area contributed by atoms with Crippen LogP contribution in [0.4, 0.5) is 5.69 Å². The van der Waals surface area contributed by atoms with E-state index >= 15 is 0 Å². The first-order valence-electron chi connectivity index (χ1n) is 10.2. The first-order valence-corrected chi connectivity index (χ1v) is 11.0. The number of hydrogen-bond donors (Lipinski definition) is 1. The molecule has 0 spiro atoms. The molecule has 1 N–H and O–H groups in total. The number of aryl methyl sites for hydroxylation is 1. The molecule has 0 bridgehead atoms. The Balaban J connectivity index is 1.22. The highest BCUT2D eigenvalue weighted by molar-refractivity contribution is 7.13. The molecule has 1 aliphatic rings. The maximum absolute atomic E-state index is 12.3. The van der Waals surface area contributed by atoms with Crippen molar-refractivity contribution in [1.82, 2.24) is 15.1 Å². The molecule has 1 saturated heterocycles. The lowest BCUT2D eigenvalue weighted by molar-refractivity contribution is 0.102. The van der Waals surface area contributed by atoms with E-state index in [0.29, 0.717) is 5.01 Å². The fourth-order valence-corrected chi connectivity index (χ4v) is 4.53. The van der Waals surface area contributed by atoms with Gasteiger partial charge in [0.1, 0.15) is 5.01 Å². The topological polar surface area (TPSA) is 58.1 Å². The van der Waals surface area contributed by atoms with Gasteiger partial charge in [0.2, 0.25) is 5.01 Å². The molecule has 1 aromatic heterocycles. The van der Waals surface area contributed by atoms with Crippen LogP contribution in [0.5, 0.6) is 0 Å². The average Bonchev–Trinajstić information content (AvgIpc) is 3.23. The van der Waals surface area contributed by atoms with Crippen LogP contribution >= 0.6 is 11.3 Å². The predicted molar refractivity (Wildman–Crippen MR) is 117 cm³/mol. The van der Waals surface area contributed by atoms with Crippen LogP contribution in [0.1, 0.15) is 39.6 Å². The van der Waals surface area contributed by atoms with E-state index in [1.807, 2.05) is 30.3 Å². The van der Waals surface area contributed by atoms with E-state index in [1.54, 1.807) is 0 Å².